The Kier molecular flexibility index (Phi) is 7.31. The van der Waals surface area contributed by atoms with Crippen LogP contribution in [0.15, 0.2) is 111 Å². The molecule has 0 amide bonds. The Morgan fingerprint density at radius 1 is 0.703 bits per heavy atom. The second-order valence-electron chi connectivity index (χ2n) is 8.76. The van der Waals surface area contributed by atoms with E-state index in [9.17, 15) is 25.3 Å². The van der Waals surface area contributed by atoms with E-state index < -0.39 is 29.9 Å². The summed E-state index contributed by atoms with van der Waals surface area (Å²) in [6.45, 7) is 3.81. The van der Waals surface area contributed by atoms with E-state index in [0.717, 1.165) is 5.56 Å². The molecule has 0 bridgehead atoms. The number of hydrogen-bond acceptors (Lipinski definition) is 6. The zero-order chi connectivity index (χ0) is 26.8. The van der Waals surface area contributed by atoms with Crippen LogP contribution in [-0.2, 0) is 29.9 Å². The summed E-state index contributed by atoms with van der Waals surface area (Å²) in [7, 11) is -11.9. The Balaban J connectivity index is 1.59. The lowest BCUT2D eigenvalue weighted by atomic mass is 10.0. The van der Waals surface area contributed by atoms with Crippen LogP contribution < -0.4 is 9.44 Å². The minimum Gasteiger partial charge on any atom is -0.280 e. The highest BCUT2D eigenvalue weighted by Gasteiger charge is 2.22. The molecule has 0 fully saturated rings. The summed E-state index contributed by atoms with van der Waals surface area (Å²) in [5, 5.41) is 0. The zero-order valence-corrected chi connectivity index (χ0v) is 22.6. The van der Waals surface area contributed by atoms with Crippen molar-refractivity contribution < 1.29 is 25.3 Å². The van der Waals surface area contributed by atoms with Crippen molar-refractivity contribution in [3.63, 3.8) is 0 Å². The molecule has 0 heterocycles. The molecule has 3 aromatic carbocycles. The predicted molar refractivity (Wildman–Crippen MR) is 144 cm³/mol. The van der Waals surface area contributed by atoms with Crippen LogP contribution >= 0.6 is 0 Å². The third kappa shape index (κ3) is 6.12. The van der Waals surface area contributed by atoms with Crippen LogP contribution in [0.5, 0.6) is 0 Å². The van der Waals surface area contributed by atoms with Crippen molar-refractivity contribution in [3.05, 3.63) is 101 Å². The zero-order valence-electron chi connectivity index (χ0n) is 20.1. The lowest BCUT2D eigenvalue weighted by molar-refractivity contribution is 0.595. The molecule has 1 atom stereocenters. The minimum absolute atomic E-state index is 0.0451. The molecule has 4 rings (SSSR count). The monoisotopic (exact) mass is 558 g/mol. The van der Waals surface area contributed by atoms with Gasteiger partial charge in [-0.1, -0.05) is 48.9 Å². The predicted octanol–water partition coefficient (Wildman–Crippen LogP) is 4.85. The number of hydrogen-bond donors (Lipinski definition) is 2. The number of allylic oxidation sites excluding steroid dienone is 3. The van der Waals surface area contributed by atoms with Gasteiger partial charge in [0.05, 0.1) is 31.0 Å². The van der Waals surface area contributed by atoms with Crippen LogP contribution in [0.25, 0.3) is 0 Å². The van der Waals surface area contributed by atoms with Crippen molar-refractivity contribution in [3.8, 4) is 0 Å². The van der Waals surface area contributed by atoms with E-state index in [-0.39, 0.29) is 36.9 Å². The van der Waals surface area contributed by atoms with Crippen LogP contribution in [0.4, 0.5) is 11.4 Å². The molecule has 37 heavy (non-hydrogen) atoms. The first-order chi connectivity index (χ1) is 17.4. The molecule has 1 unspecified atom stereocenters. The van der Waals surface area contributed by atoms with Gasteiger partial charge in [0.15, 0.2) is 0 Å². The Bertz CT molecular complexity index is 1710. The van der Waals surface area contributed by atoms with Gasteiger partial charge < -0.3 is 0 Å². The standard InChI is InChI=1S/C26H26N2O6S3/c1-19-9-13-23(14-10-19)36(31,32)27-21-5-3-7-25(17-21)35(29,30)26-8-4-6-22(18-26)28-37(33,34)24-15-11-20(2)12-16-24/h3-11,13-18,20,27-28H,12H2,1-2H3. The maximum Gasteiger partial charge on any atom is 0.261 e. The van der Waals surface area contributed by atoms with Gasteiger partial charge in [-0.15, -0.1) is 0 Å². The first-order valence-corrected chi connectivity index (χ1v) is 15.8. The highest BCUT2D eigenvalue weighted by atomic mass is 32.2. The number of rotatable bonds is 8. The molecule has 0 saturated carbocycles. The third-order valence-electron chi connectivity index (χ3n) is 5.71. The van der Waals surface area contributed by atoms with Crippen LogP contribution in [-0.4, -0.2) is 25.3 Å². The van der Waals surface area contributed by atoms with Gasteiger partial charge in [0.2, 0.25) is 9.84 Å². The first kappa shape index (κ1) is 26.6. The molecule has 0 radical (unpaired) electrons. The Hall–Kier alpha value is -3.41. The molecule has 0 aliphatic heterocycles. The number of nitrogens with one attached hydrogen (secondary N) is 2. The molecule has 2 N–H and O–H groups in total. The second-order valence-corrected chi connectivity index (χ2v) is 14.1. The fraction of sp³-hybridized carbons (Fsp3) is 0.154. The van der Waals surface area contributed by atoms with Crippen LogP contribution in [0, 0.1) is 12.8 Å². The lowest BCUT2D eigenvalue weighted by Crippen LogP contribution is -2.16. The average molecular weight is 559 g/mol. The van der Waals surface area contributed by atoms with E-state index in [1.165, 1.54) is 66.7 Å². The second kappa shape index (κ2) is 10.2. The fourth-order valence-corrected chi connectivity index (χ4v) is 7.17. The van der Waals surface area contributed by atoms with E-state index in [4.69, 9.17) is 0 Å². The topological polar surface area (TPSA) is 126 Å². The van der Waals surface area contributed by atoms with Gasteiger partial charge in [-0.3, -0.25) is 9.44 Å². The molecule has 0 saturated heterocycles. The van der Waals surface area contributed by atoms with Gasteiger partial charge in [0.1, 0.15) is 0 Å². The molecule has 1 aliphatic rings. The quantitative estimate of drug-likeness (QED) is 0.407. The Morgan fingerprint density at radius 3 is 1.76 bits per heavy atom. The normalized spacial score (nSPS) is 16.2. The molecule has 0 spiro atoms. The molecule has 8 nitrogen and oxygen atoms in total. The highest BCUT2D eigenvalue weighted by molar-refractivity contribution is 7.96. The van der Waals surface area contributed by atoms with Crippen molar-refractivity contribution in [2.75, 3.05) is 9.44 Å². The summed E-state index contributed by atoms with van der Waals surface area (Å²) in [5.74, 6) is 0.240. The van der Waals surface area contributed by atoms with Crippen molar-refractivity contribution >= 4 is 41.3 Å². The fourth-order valence-electron chi connectivity index (χ4n) is 3.64. The van der Waals surface area contributed by atoms with E-state index in [1.54, 1.807) is 24.3 Å². The molecule has 11 heteroatoms. The number of sulfonamides is 2. The third-order valence-corrected chi connectivity index (χ3v) is 10.3. The van der Waals surface area contributed by atoms with Gasteiger partial charge in [0, 0.05) is 0 Å². The number of benzene rings is 3. The number of sulfone groups is 1. The van der Waals surface area contributed by atoms with Crippen LogP contribution in [0.3, 0.4) is 0 Å². The highest BCUT2D eigenvalue weighted by Crippen LogP contribution is 2.28. The molecule has 194 valence electrons. The summed E-state index contributed by atoms with van der Waals surface area (Å²) < 4.78 is 82.5. The maximum atomic E-state index is 13.3. The summed E-state index contributed by atoms with van der Waals surface area (Å²) in [5.41, 5.74) is 1.06. The molecule has 1 aliphatic carbocycles. The lowest BCUT2D eigenvalue weighted by Gasteiger charge is -2.14. The Morgan fingerprint density at radius 2 is 1.24 bits per heavy atom. The smallest absolute Gasteiger partial charge is 0.261 e. The van der Waals surface area contributed by atoms with Crippen LogP contribution in [0.1, 0.15) is 18.9 Å². The van der Waals surface area contributed by atoms with Crippen molar-refractivity contribution in [1.29, 1.82) is 0 Å². The summed E-state index contributed by atoms with van der Waals surface area (Å²) >= 11 is 0. The van der Waals surface area contributed by atoms with Gasteiger partial charge in [-0.05, 0) is 73.9 Å². The van der Waals surface area contributed by atoms with E-state index in [2.05, 4.69) is 9.44 Å². The van der Waals surface area contributed by atoms with Crippen molar-refractivity contribution in [2.24, 2.45) is 5.92 Å². The molecule has 0 aromatic heterocycles. The molecular formula is C26H26N2O6S3. The van der Waals surface area contributed by atoms with Gasteiger partial charge >= 0.3 is 0 Å². The maximum absolute atomic E-state index is 13.3. The average Bonchev–Trinajstić information content (AvgIpc) is 2.84. The SMILES string of the molecule is Cc1ccc(S(=O)(=O)Nc2cccc(S(=O)(=O)c3cccc(NS(=O)(=O)C4=CCC(C)C=C4)c3)c2)cc1. The summed E-state index contributed by atoms with van der Waals surface area (Å²) in [6, 6.07) is 17.2. The van der Waals surface area contributed by atoms with Gasteiger partial charge in [-0.2, -0.15) is 0 Å². The number of anilines is 2. The van der Waals surface area contributed by atoms with Crippen molar-refractivity contribution in [2.45, 2.75) is 35.0 Å². The largest absolute Gasteiger partial charge is 0.280 e. The van der Waals surface area contributed by atoms with E-state index in [1.807, 2.05) is 13.8 Å². The van der Waals surface area contributed by atoms with Crippen LogP contribution in [0.2, 0.25) is 0 Å². The summed E-state index contributed by atoms with van der Waals surface area (Å²) in [4.78, 5) is -0.132. The molecule has 3 aromatic rings. The van der Waals surface area contributed by atoms with E-state index in [0.29, 0.717) is 6.42 Å². The first-order valence-electron chi connectivity index (χ1n) is 11.3. The molecular weight excluding hydrogens is 532 g/mol. The number of aryl methyl sites for hydroxylation is 1. The van der Waals surface area contributed by atoms with E-state index >= 15 is 0 Å². The van der Waals surface area contributed by atoms with Gasteiger partial charge in [0.25, 0.3) is 20.0 Å². The van der Waals surface area contributed by atoms with Gasteiger partial charge in [-0.25, -0.2) is 25.3 Å². The Labute approximate surface area is 217 Å². The minimum atomic E-state index is -4.10. The summed E-state index contributed by atoms with van der Waals surface area (Å²) in [6.07, 6.45) is 5.54. The van der Waals surface area contributed by atoms with Crippen molar-refractivity contribution in [1.82, 2.24) is 0 Å².